The quantitative estimate of drug-likeness (QED) is 0.627. The average Bonchev–Trinajstić information content (AvgIpc) is 2.61. The number of Topliss-reactive ketones (excluding diaryl/α,β-unsaturated/α-hetero) is 1. The molecule has 0 aromatic carbocycles. The van der Waals surface area contributed by atoms with E-state index in [-0.39, 0.29) is 5.41 Å². The second-order valence-corrected chi connectivity index (χ2v) is 5.53. The standard InChI is InChI=1S/C13H20O/c1-4-5-11(14)12-9-6-7-10(8-9)13(12,2)3/h4,9-10,12H,1,5-8H2,2-3H3/t9?,10-,12+/m1/s1. The SMILES string of the molecule is C=CCC(=O)[C@@H]1C2CC[C@H](C2)C1(C)C. The van der Waals surface area contributed by atoms with Gasteiger partial charge in [-0.15, -0.1) is 6.58 Å². The van der Waals surface area contributed by atoms with E-state index in [1.807, 2.05) is 0 Å². The molecule has 0 aromatic rings. The molecular weight excluding hydrogens is 172 g/mol. The van der Waals surface area contributed by atoms with Crippen molar-refractivity contribution < 1.29 is 4.79 Å². The van der Waals surface area contributed by atoms with E-state index in [1.165, 1.54) is 19.3 Å². The number of hydrogen-bond acceptors (Lipinski definition) is 1. The van der Waals surface area contributed by atoms with Gasteiger partial charge < -0.3 is 0 Å². The monoisotopic (exact) mass is 192 g/mol. The Bertz CT molecular complexity index is 264. The van der Waals surface area contributed by atoms with E-state index in [4.69, 9.17) is 0 Å². The van der Waals surface area contributed by atoms with Crippen LogP contribution in [0, 0.1) is 23.2 Å². The predicted molar refractivity (Wildman–Crippen MR) is 57.9 cm³/mol. The van der Waals surface area contributed by atoms with Gasteiger partial charge in [-0.2, -0.15) is 0 Å². The Balaban J connectivity index is 2.18. The maximum absolute atomic E-state index is 12.0. The Labute approximate surface area is 86.6 Å². The summed E-state index contributed by atoms with van der Waals surface area (Å²) in [5.74, 6) is 2.23. The number of fused-ring (bicyclic) bond motifs is 2. The summed E-state index contributed by atoms with van der Waals surface area (Å²) < 4.78 is 0. The fourth-order valence-electron chi connectivity index (χ4n) is 3.80. The van der Waals surface area contributed by atoms with Crippen molar-refractivity contribution in [3.05, 3.63) is 12.7 Å². The topological polar surface area (TPSA) is 17.1 Å². The molecule has 2 bridgehead atoms. The molecule has 14 heavy (non-hydrogen) atoms. The molecule has 0 N–H and O–H groups in total. The van der Waals surface area contributed by atoms with E-state index >= 15 is 0 Å². The highest BCUT2D eigenvalue weighted by Crippen LogP contribution is 2.59. The molecule has 2 saturated carbocycles. The number of ketones is 1. The zero-order chi connectivity index (χ0) is 10.3. The van der Waals surface area contributed by atoms with Gasteiger partial charge in [0.25, 0.3) is 0 Å². The Morgan fingerprint density at radius 1 is 1.50 bits per heavy atom. The van der Waals surface area contributed by atoms with Crippen LogP contribution in [0.5, 0.6) is 0 Å². The lowest BCUT2D eigenvalue weighted by Crippen LogP contribution is -2.36. The molecule has 1 nitrogen and oxygen atoms in total. The van der Waals surface area contributed by atoms with Crippen molar-refractivity contribution >= 4 is 5.78 Å². The summed E-state index contributed by atoms with van der Waals surface area (Å²) in [4.78, 5) is 12.0. The Kier molecular flexibility index (Phi) is 2.29. The molecule has 2 rings (SSSR count). The average molecular weight is 192 g/mol. The molecule has 0 aromatic heterocycles. The van der Waals surface area contributed by atoms with Crippen molar-refractivity contribution in [2.24, 2.45) is 23.2 Å². The van der Waals surface area contributed by atoms with Gasteiger partial charge >= 0.3 is 0 Å². The second kappa shape index (κ2) is 3.22. The third kappa shape index (κ3) is 1.25. The molecule has 2 aliphatic carbocycles. The van der Waals surface area contributed by atoms with Crippen molar-refractivity contribution in [1.29, 1.82) is 0 Å². The lowest BCUT2D eigenvalue weighted by atomic mass is 9.66. The van der Waals surface area contributed by atoms with Crippen molar-refractivity contribution in [3.8, 4) is 0 Å². The molecule has 3 atom stereocenters. The van der Waals surface area contributed by atoms with Gasteiger partial charge in [0, 0.05) is 12.3 Å². The first kappa shape index (κ1) is 9.95. The first-order valence-electron chi connectivity index (χ1n) is 5.71. The summed E-state index contributed by atoms with van der Waals surface area (Å²) in [6, 6.07) is 0. The Morgan fingerprint density at radius 3 is 2.71 bits per heavy atom. The highest BCUT2D eigenvalue weighted by atomic mass is 16.1. The van der Waals surface area contributed by atoms with Crippen LogP contribution in [0.2, 0.25) is 0 Å². The van der Waals surface area contributed by atoms with Crippen LogP contribution in [-0.2, 0) is 4.79 Å². The molecule has 1 heteroatoms. The maximum atomic E-state index is 12.0. The number of carbonyl (C=O) groups excluding carboxylic acids is 1. The van der Waals surface area contributed by atoms with Crippen molar-refractivity contribution in [1.82, 2.24) is 0 Å². The van der Waals surface area contributed by atoms with Crippen LogP contribution in [0.3, 0.4) is 0 Å². The van der Waals surface area contributed by atoms with Crippen molar-refractivity contribution in [2.75, 3.05) is 0 Å². The fourth-order valence-corrected chi connectivity index (χ4v) is 3.80. The van der Waals surface area contributed by atoms with E-state index in [9.17, 15) is 4.79 Å². The molecular formula is C13H20O. The van der Waals surface area contributed by atoms with Gasteiger partial charge in [-0.25, -0.2) is 0 Å². The van der Waals surface area contributed by atoms with Crippen LogP contribution >= 0.6 is 0 Å². The highest BCUT2D eigenvalue weighted by molar-refractivity contribution is 5.83. The van der Waals surface area contributed by atoms with Crippen LogP contribution < -0.4 is 0 Å². The van der Waals surface area contributed by atoms with Gasteiger partial charge in [0.15, 0.2) is 0 Å². The van der Waals surface area contributed by atoms with Gasteiger partial charge in [-0.05, 0) is 36.5 Å². The first-order chi connectivity index (χ1) is 6.57. The highest BCUT2D eigenvalue weighted by Gasteiger charge is 2.54. The van der Waals surface area contributed by atoms with Gasteiger partial charge in [-0.1, -0.05) is 19.9 Å². The first-order valence-corrected chi connectivity index (χ1v) is 5.71. The number of hydrogen-bond donors (Lipinski definition) is 0. The van der Waals surface area contributed by atoms with Crippen LogP contribution in [0.15, 0.2) is 12.7 Å². The lowest BCUT2D eigenvalue weighted by Gasteiger charge is -2.37. The van der Waals surface area contributed by atoms with Crippen LogP contribution in [0.1, 0.15) is 39.5 Å². The van der Waals surface area contributed by atoms with Gasteiger partial charge in [-0.3, -0.25) is 4.79 Å². The second-order valence-electron chi connectivity index (χ2n) is 5.53. The molecule has 78 valence electrons. The van der Waals surface area contributed by atoms with Gasteiger partial charge in [0.1, 0.15) is 5.78 Å². The molecule has 2 aliphatic rings. The number of rotatable bonds is 3. The number of allylic oxidation sites excluding steroid dienone is 1. The van der Waals surface area contributed by atoms with E-state index < -0.39 is 0 Å². The molecule has 2 fully saturated rings. The van der Waals surface area contributed by atoms with Crippen LogP contribution in [0.4, 0.5) is 0 Å². The largest absolute Gasteiger partial charge is 0.299 e. The smallest absolute Gasteiger partial charge is 0.140 e. The van der Waals surface area contributed by atoms with E-state index in [1.54, 1.807) is 6.08 Å². The summed E-state index contributed by atoms with van der Waals surface area (Å²) >= 11 is 0. The Morgan fingerprint density at radius 2 is 2.21 bits per heavy atom. The lowest BCUT2D eigenvalue weighted by molar-refractivity contribution is -0.127. The van der Waals surface area contributed by atoms with E-state index in [2.05, 4.69) is 20.4 Å². The van der Waals surface area contributed by atoms with Gasteiger partial charge in [0.05, 0.1) is 0 Å². The van der Waals surface area contributed by atoms with Crippen molar-refractivity contribution in [2.45, 2.75) is 39.5 Å². The minimum Gasteiger partial charge on any atom is -0.299 e. The summed E-state index contributed by atoms with van der Waals surface area (Å²) in [7, 11) is 0. The van der Waals surface area contributed by atoms with E-state index in [0.29, 0.717) is 24.0 Å². The van der Waals surface area contributed by atoms with Crippen molar-refractivity contribution in [3.63, 3.8) is 0 Å². The molecule has 0 aliphatic heterocycles. The molecule has 0 radical (unpaired) electrons. The minimum atomic E-state index is 0.253. The van der Waals surface area contributed by atoms with Gasteiger partial charge in [0.2, 0.25) is 0 Å². The third-order valence-electron chi connectivity index (χ3n) is 4.49. The summed E-state index contributed by atoms with van der Waals surface area (Å²) in [5.41, 5.74) is 0.253. The molecule has 0 heterocycles. The molecule has 1 unspecified atom stereocenters. The summed E-state index contributed by atoms with van der Waals surface area (Å²) in [6.07, 6.45) is 6.24. The molecule has 0 spiro atoms. The fraction of sp³-hybridized carbons (Fsp3) is 0.769. The zero-order valence-electron chi connectivity index (χ0n) is 9.25. The Hall–Kier alpha value is -0.590. The third-order valence-corrected chi connectivity index (χ3v) is 4.49. The zero-order valence-corrected chi connectivity index (χ0v) is 9.25. The van der Waals surface area contributed by atoms with Crippen LogP contribution in [0.25, 0.3) is 0 Å². The normalized spacial score (nSPS) is 38.6. The summed E-state index contributed by atoms with van der Waals surface area (Å²) in [6.45, 7) is 8.22. The maximum Gasteiger partial charge on any atom is 0.140 e. The van der Waals surface area contributed by atoms with Crippen LogP contribution in [-0.4, -0.2) is 5.78 Å². The predicted octanol–water partition coefficient (Wildman–Crippen LogP) is 3.20. The van der Waals surface area contributed by atoms with E-state index in [0.717, 1.165) is 5.92 Å². The number of carbonyl (C=O) groups is 1. The molecule has 0 saturated heterocycles. The minimum absolute atomic E-state index is 0.253. The molecule has 0 amide bonds. The summed E-state index contributed by atoms with van der Waals surface area (Å²) in [5, 5.41) is 0.